The van der Waals surface area contributed by atoms with Gasteiger partial charge in [0.25, 0.3) is 0 Å². The SMILES string of the molecule is Cc1cc(CN2CCN(CC(=O)NC(C)Cc3c(F)cccc3F)CC2)no1. The van der Waals surface area contributed by atoms with Crippen molar-refractivity contribution in [3.63, 3.8) is 0 Å². The average molecular weight is 392 g/mol. The van der Waals surface area contributed by atoms with Crippen molar-refractivity contribution >= 4 is 5.91 Å². The van der Waals surface area contributed by atoms with Crippen LogP contribution < -0.4 is 5.32 Å². The van der Waals surface area contributed by atoms with E-state index in [1.807, 2.05) is 13.0 Å². The van der Waals surface area contributed by atoms with Gasteiger partial charge in [-0.1, -0.05) is 11.2 Å². The van der Waals surface area contributed by atoms with Gasteiger partial charge in [0.1, 0.15) is 17.4 Å². The lowest BCUT2D eigenvalue weighted by Gasteiger charge is -2.34. The van der Waals surface area contributed by atoms with Crippen molar-refractivity contribution in [1.29, 1.82) is 0 Å². The molecular weight excluding hydrogens is 366 g/mol. The van der Waals surface area contributed by atoms with Crippen LogP contribution in [0.25, 0.3) is 0 Å². The molecule has 1 amide bonds. The van der Waals surface area contributed by atoms with E-state index in [2.05, 4.69) is 20.3 Å². The molecule has 1 aromatic heterocycles. The summed E-state index contributed by atoms with van der Waals surface area (Å²) in [7, 11) is 0. The fourth-order valence-corrected chi connectivity index (χ4v) is 3.44. The number of aryl methyl sites for hydroxylation is 1. The molecule has 0 spiro atoms. The predicted molar refractivity (Wildman–Crippen MR) is 101 cm³/mol. The van der Waals surface area contributed by atoms with Gasteiger partial charge in [-0.25, -0.2) is 8.78 Å². The van der Waals surface area contributed by atoms with Gasteiger partial charge >= 0.3 is 0 Å². The largest absolute Gasteiger partial charge is 0.361 e. The Balaban J connectivity index is 1.40. The van der Waals surface area contributed by atoms with Crippen LogP contribution in [0.2, 0.25) is 0 Å². The molecule has 1 unspecified atom stereocenters. The maximum atomic E-state index is 13.7. The third-order valence-corrected chi connectivity index (χ3v) is 4.87. The highest BCUT2D eigenvalue weighted by atomic mass is 19.1. The standard InChI is InChI=1S/C20H26F2N4O2/c1-14(10-17-18(21)4-3-5-19(17)22)23-20(27)13-26-8-6-25(7-9-26)12-16-11-15(2)28-24-16/h3-5,11,14H,6-10,12-13H2,1-2H3,(H,23,27). The molecule has 2 aromatic rings. The highest BCUT2D eigenvalue weighted by Crippen LogP contribution is 2.14. The Kier molecular flexibility index (Phi) is 6.74. The van der Waals surface area contributed by atoms with E-state index in [0.29, 0.717) is 0 Å². The number of carbonyl (C=O) groups is 1. The van der Waals surface area contributed by atoms with Gasteiger partial charge in [-0.3, -0.25) is 14.6 Å². The maximum Gasteiger partial charge on any atom is 0.234 e. The summed E-state index contributed by atoms with van der Waals surface area (Å²) in [6, 6.07) is 5.37. The van der Waals surface area contributed by atoms with Crippen molar-refractivity contribution in [1.82, 2.24) is 20.3 Å². The van der Waals surface area contributed by atoms with E-state index in [1.54, 1.807) is 6.92 Å². The number of amides is 1. The molecule has 1 atom stereocenters. The summed E-state index contributed by atoms with van der Waals surface area (Å²) in [5, 5.41) is 6.84. The highest BCUT2D eigenvalue weighted by molar-refractivity contribution is 5.78. The lowest BCUT2D eigenvalue weighted by molar-refractivity contribution is -0.123. The molecule has 0 aliphatic carbocycles. The van der Waals surface area contributed by atoms with Gasteiger partial charge in [0, 0.05) is 50.4 Å². The number of rotatable bonds is 7. The Bertz CT molecular complexity index is 783. The smallest absolute Gasteiger partial charge is 0.234 e. The van der Waals surface area contributed by atoms with E-state index in [0.717, 1.165) is 44.2 Å². The van der Waals surface area contributed by atoms with Gasteiger partial charge in [0.15, 0.2) is 0 Å². The molecule has 0 radical (unpaired) electrons. The number of carbonyl (C=O) groups excluding carboxylic acids is 1. The number of hydrogen-bond donors (Lipinski definition) is 1. The quantitative estimate of drug-likeness (QED) is 0.782. The van der Waals surface area contributed by atoms with E-state index in [-0.39, 0.29) is 30.5 Å². The van der Waals surface area contributed by atoms with Crippen LogP contribution in [0.3, 0.4) is 0 Å². The normalized spacial score (nSPS) is 16.9. The Morgan fingerprint density at radius 3 is 2.46 bits per heavy atom. The van der Waals surface area contributed by atoms with Crippen LogP contribution in [0, 0.1) is 18.6 Å². The Hall–Kier alpha value is -2.32. The molecule has 0 bridgehead atoms. The van der Waals surface area contributed by atoms with E-state index in [1.165, 1.54) is 18.2 Å². The molecule has 3 rings (SSSR count). The average Bonchev–Trinajstić information content (AvgIpc) is 3.05. The number of nitrogens with one attached hydrogen (secondary N) is 1. The van der Waals surface area contributed by atoms with E-state index < -0.39 is 11.6 Å². The summed E-state index contributed by atoms with van der Waals surface area (Å²) in [5.41, 5.74) is 0.921. The molecule has 1 aliphatic heterocycles. The number of nitrogens with zero attached hydrogens (tertiary/aromatic N) is 3. The first-order valence-corrected chi connectivity index (χ1v) is 9.50. The third kappa shape index (κ3) is 5.59. The van der Waals surface area contributed by atoms with Crippen molar-refractivity contribution in [2.75, 3.05) is 32.7 Å². The zero-order valence-corrected chi connectivity index (χ0v) is 16.3. The van der Waals surface area contributed by atoms with Gasteiger partial charge in [0.05, 0.1) is 12.2 Å². The molecule has 1 aromatic carbocycles. The Morgan fingerprint density at radius 2 is 1.86 bits per heavy atom. The van der Waals surface area contributed by atoms with Gasteiger partial charge in [-0.15, -0.1) is 0 Å². The number of halogens is 2. The second-order valence-corrected chi connectivity index (χ2v) is 7.35. The first-order valence-electron chi connectivity index (χ1n) is 9.50. The lowest BCUT2D eigenvalue weighted by atomic mass is 10.1. The number of benzene rings is 1. The second kappa shape index (κ2) is 9.25. The summed E-state index contributed by atoms with van der Waals surface area (Å²) >= 11 is 0. The summed E-state index contributed by atoms with van der Waals surface area (Å²) in [4.78, 5) is 16.6. The second-order valence-electron chi connectivity index (χ2n) is 7.35. The molecule has 1 aliphatic rings. The molecule has 152 valence electrons. The number of hydrogen-bond acceptors (Lipinski definition) is 5. The molecule has 2 heterocycles. The van der Waals surface area contributed by atoms with Crippen LogP contribution in [-0.2, 0) is 17.8 Å². The van der Waals surface area contributed by atoms with Crippen LogP contribution in [0.4, 0.5) is 8.78 Å². The van der Waals surface area contributed by atoms with Crippen molar-refractivity contribution in [3.05, 3.63) is 52.9 Å². The molecule has 1 fully saturated rings. The fraction of sp³-hybridized carbons (Fsp3) is 0.500. The van der Waals surface area contributed by atoms with Crippen LogP contribution in [0.5, 0.6) is 0 Å². The zero-order chi connectivity index (χ0) is 20.1. The lowest BCUT2D eigenvalue weighted by Crippen LogP contribution is -2.50. The number of piperazine rings is 1. The van der Waals surface area contributed by atoms with Crippen molar-refractivity contribution in [2.24, 2.45) is 0 Å². The third-order valence-electron chi connectivity index (χ3n) is 4.87. The van der Waals surface area contributed by atoms with Gasteiger partial charge < -0.3 is 9.84 Å². The highest BCUT2D eigenvalue weighted by Gasteiger charge is 2.21. The van der Waals surface area contributed by atoms with E-state index in [9.17, 15) is 13.6 Å². The molecule has 28 heavy (non-hydrogen) atoms. The van der Waals surface area contributed by atoms with Crippen molar-refractivity contribution < 1.29 is 18.1 Å². The van der Waals surface area contributed by atoms with Gasteiger partial charge in [-0.05, 0) is 32.4 Å². The summed E-state index contributed by atoms with van der Waals surface area (Å²) in [5.74, 6) is -0.501. The van der Waals surface area contributed by atoms with Gasteiger partial charge in [-0.2, -0.15) is 0 Å². The fourth-order valence-electron chi connectivity index (χ4n) is 3.44. The molecule has 1 saturated heterocycles. The summed E-state index contributed by atoms with van der Waals surface area (Å²) < 4.78 is 32.6. The minimum atomic E-state index is -0.584. The maximum absolute atomic E-state index is 13.7. The number of aromatic nitrogens is 1. The van der Waals surface area contributed by atoms with Crippen LogP contribution >= 0.6 is 0 Å². The first kappa shape index (κ1) is 20.4. The topological polar surface area (TPSA) is 61.6 Å². The molecule has 0 saturated carbocycles. The van der Waals surface area contributed by atoms with Gasteiger partial charge in [0.2, 0.25) is 5.91 Å². The van der Waals surface area contributed by atoms with Crippen LogP contribution in [-0.4, -0.2) is 59.6 Å². The monoisotopic (exact) mass is 392 g/mol. The molecule has 6 nitrogen and oxygen atoms in total. The minimum absolute atomic E-state index is 0.00649. The Morgan fingerprint density at radius 1 is 1.21 bits per heavy atom. The zero-order valence-electron chi connectivity index (χ0n) is 16.3. The predicted octanol–water partition coefficient (Wildman–Crippen LogP) is 2.13. The van der Waals surface area contributed by atoms with Crippen molar-refractivity contribution in [3.8, 4) is 0 Å². The minimum Gasteiger partial charge on any atom is -0.361 e. The summed E-state index contributed by atoms with van der Waals surface area (Å²) in [6.07, 6.45) is 0.120. The molecule has 1 N–H and O–H groups in total. The van der Waals surface area contributed by atoms with Crippen molar-refractivity contribution in [2.45, 2.75) is 32.9 Å². The molecule has 8 heteroatoms. The summed E-state index contributed by atoms with van der Waals surface area (Å²) in [6.45, 7) is 7.88. The Labute approximate surface area is 163 Å². The van der Waals surface area contributed by atoms with E-state index in [4.69, 9.17) is 4.52 Å². The first-order chi connectivity index (χ1) is 13.4. The molecular formula is C20H26F2N4O2. The van der Waals surface area contributed by atoms with E-state index >= 15 is 0 Å². The van der Waals surface area contributed by atoms with Crippen LogP contribution in [0.15, 0.2) is 28.8 Å². The van der Waals surface area contributed by atoms with Crippen LogP contribution in [0.1, 0.15) is 23.9 Å².